The summed E-state index contributed by atoms with van der Waals surface area (Å²) < 4.78 is 23.6. The standard InChI is InChI=1S/C35H35BrN4O7/c1-4-45-30-17-23(33-32(34(42)44-3)21(2)38-35(43)39-33)12-14-29(30)47-20-31(41)40-37-18-25-16-26(36)13-15-28(25)46-19-24-10-7-9-22-8-5-6-11-27(22)24/h5-18,31,33,40-41H,4,19-20H2,1-3H3,(H2,38,39,43)/b37-18-/t31-,33+/m0/s1. The highest BCUT2D eigenvalue weighted by Gasteiger charge is 2.32. The molecule has 0 saturated carbocycles. The van der Waals surface area contributed by atoms with Gasteiger partial charge in [0, 0.05) is 15.7 Å². The molecule has 11 nitrogen and oxygen atoms in total. The second kappa shape index (κ2) is 15.5. The summed E-state index contributed by atoms with van der Waals surface area (Å²) in [6.45, 7) is 4.00. The monoisotopic (exact) mass is 702 g/mol. The van der Waals surface area contributed by atoms with E-state index in [0.717, 1.165) is 20.8 Å². The van der Waals surface area contributed by atoms with Crippen molar-refractivity contribution in [2.75, 3.05) is 20.3 Å². The minimum Gasteiger partial charge on any atom is -0.490 e. The zero-order valence-electron chi connectivity index (χ0n) is 26.1. The van der Waals surface area contributed by atoms with Gasteiger partial charge in [-0.2, -0.15) is 5.10 Å². The Bertz CT molecular complexity index is 1820. The zero-order valence-corrected chi connectivity index (χ0v) is 27.7. The highest BCUT2D eigenvalue weighted by Crippen LogP contribution is 2.35. The van der Waals surface area contributed by atoms with E-state index < -0.39 is 24.3 Å². The fourth-order valence-corrected chi connectivity index (χ4v) is 5.52. The predicted octanol–water partition coefficient (Wildman–Crippen LogP) is 5.70. The Morgan fingerprint density at radius 1 is 1.02 bits per heavy atom. The Morgan fingerprint density at radius 3 is 2.62 bits per heavy atom. The summed E-state index contributed by atoms with van der Waals surface area (Å²) in [5.41, 5.74) is 5.69. The molecule has 0 radical (unpaired) electrons. The molecule has 0 saturated heterocycles. The van der Waals surface area contributed by atoms with Crippen molar-refractivity contribution in [2.24, 2.45) is 5.10 Å². The summed E-state index contributed by atoms with van der Waals surface area (Å²) >= 11 is 3.50. The molecule has 0 aromatic heterocycles. The molecule has 5 rings (SSSR count). The highest BCUT2D eigenvalue weighted by atomic mass is 79.9. The van der Waals surface area contributed by atoms with Gasteiger partial charge in [-0.15, -0.1) is 0 Å². The molecule has 244 valence electrons. The lowest BCUT2D eigenvalue weighted by Crippen LogP contribution is -2.45. The van der Waals surface area contributed by atoms with E-state index in [4.69, 9.17) is 18.9 Å². The number of aliphatic hydroxyl groups is 1. The van der Waals surface area contributed by atoms with Gasteiger partial charge in [0.1, 0.15) is 19.0 Å². The third-order valence-corrected chi connectivity index (χ3v) is 7.83. The van der Waals surface area contributed by atoms with Crippen molar-refractivity contribution < 1.29 is 33.6 Å². The number of carbonyl (C=O) groups is 2. The number of nitrogens with one attached hydrogen (secondary N) is 3. The van der Waals surface area contributed by atoms with Crippen LogP contribution in [0.25, 0.3) is 10.8 Å². The minimum absolute atomic E-state index is 0.157. The van der Waals surface area contributed by atoms with Crippen LogP contribution in [0, 0.1) is 0 Å². The predicted molar refractivity (Wildman–Crippen MR) is 181 cm³/mol. The van der Waals surface area contributed by atoms with Gasteiger partial charge in [0.25, 0.3) is 0 Å². The third-order valence-electron chi connectivity index (χ3n) is 7.33. The number of nitrogens with zero attached hydrogens (tertiary/aromatic N) is 1. The molecule has 4 N–H and O–H groups in total. The quantitative estimate of drug-likeness (QED) is 0.0602. The van der Waals surface area contributed by atoms with Crippen LogP contribution >= 0.6 is 15.9 Å². The first-order chi connectivity index (χ1) is 22.8. The summed E-state index contributed by atoms with van der Waals surface area (Å²) in [6.07, 6.45) is 0.405. The van der Waals surface area contributed by atoms with Gasteiger partial charge in [-0.3, -0.25) is 5.43 Å². The number of hydrazone groups is 1. The second-order valence-corrected chi connectivity index (χ2v) is 11.4. The first kappa shape index (κ1) is 33.3. The number of urea groups is 1. The average molecular weight is 704 g/mol. The third kappa shape index (κ3) is 8.21. The number of rotatable bonds is 13. The number of benzene rings is 4. The lowest BCUT2D eigenvalue weighted by Gasteiger charge is -2.28. The lowest BCUT2D eigenvalue weighted by molar-refractivity contribution is -0.136. The normalized spacial score (nSPS) is 15.2. The van der Waals surface area contributed by atoms with Gasteiger partial charge < -0.3 is 34.7 Å². The fourth-order valence-electron chi connectivity index (χ4n) is 5.14. The summed E-state index contributed by atoms with van der Waals surface area (Å²) in [7, 11) is 1.28. The molecule has 0 aliphatic carbocycles. The Kier molecular flexibility index (Phi) is 11.0. The largest absolute Gasteiger partial charge is 0.490 e. The van der Waals surface area contributed by atoms with Gasteiger partial charge in [0.15, 0.2) is 17.7 Å². The summed E-state index contributed by atoms with van der Waals surface area (Å²) in [5, 5.41) is 22.4. The first-order valence-corrected chi connectivity index (χ1v) is 15.7. The van der Waals surface area contributed by atoms with Gasteiger partial charge in [-0.05, 0) is 66.1 Å². The van der Waals surface area contributed by atoms with E-state index in [1.165, 1.54) is 7.11 Å². The Labute approximate surface area is 280 Å². The molecule has 2 amide bonds. The molecule has 2 atom stereocenters. The maximum Gasteiger partial charge on any atom is 0.337 e. The number of amides is 2. The molecule has 47 heavy (non-hydrogen) atoms. The van der Waals surface area contributed by atoms with Crippen LogP contribution in [0.4, 0.5) is 4.79 Å². The van der Waals surface area contributed by atoms with Crippen molar-refractivity contribution in [3.63, 3.8) is 0 Å². The van der Waals surface area contributed by atoms with Crippen LogP contribution < -0.4 is 30.3 Å². The minimum atomic E-state index is -1.16. The van der Waals surface area contributed by atoms with E-state index in [0.29, 0.717) is 47.3 Å². The van der Waals surface area contributed by atoms with E-state index in [1.807, 2.05) is 49.4 Å². The van der Waals surface area contributed by atoms with Gasteiger partial charge in [0.05, 0.1) is 31.5 Å². The van der Waals surface area contributed by atoms with Gasteiger partial charge in [-0.25, -0.2) is 9.59 Å². The number of allylic oxidation sites excluding steroid dienone is 1. The van der Waals surface area contributed by atoms with Gasteiger partial charge >= 0.3 is 12.0 Å². The van der Waals surface area contributed by atoms with Gasteiger partial charge in [0.2, 0.25) is 0 Å². The summed E-state index contributed by atoms with van der Waals surface area (Å²) in [4.78, 5) is 24.7. The van der Waals surface area contributed by atoms with Crippen LogP contribution in [-0.2, 0) is 16.1 Å². The molecule has 4 aromatic rings. The molecule has 0 spiro atoms. The van der Waals surface area contributed by atoms with E-state index in [-0.39, 0.29) is 12.2 Å². The number of ether oxygens (including phenoxy) is 4. The molecular formula is C35H35BrN4O7. The number of fused-ring (bicyclic) bond motifs is 1. The maximum absolute atomic E-state index is 12.5. The molecule has 0 unspecified atom stereocenters. The fraction of sp³-hybridized carbons (Fsp3) is 0.229. The topological polar surface area (TPSA) is 140 Å². The second-order valence-electron chi connectivity index (χ2n) is 10.5. The number of esters is 1. The molecule has 12 heteroatoms. The number of hydrogen-bond acceptors (Lipinski definition) is 9. The Balaban J connectivity index is 1.23. The molecule has 0 bridgehead atoms. The molecule has 1 heterocycles. The number of halogens is 1. The van der Waals surface area contributed by atoms with E-state index >= 15 is 0 Å². The number of hydrogen-bond donors (Lipinski definition) is 4. The van der Waals surface area contributed by atoms with Crippen LogP contribution in [-0.4, -0.2) is 49.9 Å². The van der Waals surface area contributed by atoms with Crippen LogP contribution in [0.2, 0.25) is 0 Å². The summed E-state index contributed by atoms with van der Waals surface area (Å²) in [6, 6.07) is 23.7. The van der Waals surface area contributed by atoms with Crippen molar-refractivity contribution in [2.45, 2.75) is 32.7 Å². The number of methoxy groups -OCH3 is 1. The SMILES string of the molecule is CCOc1cc([C@H]2NC(=O)NC(C)=C2C(=O)OC)ccc1OC[C@H](O)N/N=C\c1cc(Br)ccc1OCc1cccc2ccccc12. The van der Waals surface area contributed by atoms with Crippen molar-refractivity contribution >= 4 is 44.9 Å². The number of carbonyl (C=O) groups excluding carboxylic acids is 2. The molecule has 4 aromatic carbocycles. The van der Waals surface area contributed by atoms with Crippen LogP contribution in [0.3, 0.4) is 0 Å². The Hall–Kier alpha value is -5.07. The average Bonchev–Trinajstić information content (AvgIpc) is 3.06. The van der Waals surface area contributed by atoms with Crippen LogP contribution in [0.5, 0.6) is 17.2 Å². The van der Waals surface area contributed by atoms with E-state index in [1.54, 1.807) is 31.3 Å². The van der Waals surface area contributed by atoms with Crippen molar-refractivity contribution in [1.82, 2.24) is 16.1 Å². The van der Waals surface area contributed by atoms with E-state index in [9.17, 15) is 14.7 Å². The molecule has 1 aliphatic rings. The van der Waals surface area contributed by atoms with Crippen molar-refractivity contribution in [1.29, 1.82) is 0 Å². The van der Waals surface area contributed by atoms with Crippen LogP contribution in [0.15, 0.2) is 99.7 Å². The smallest absolute Gasteiger partial charge is 0.337 e. The Morgan fingerprint density at radius 2 is 1.81 bits per heavy atom. The van der Waals surface area contributed by atoms with Crippen molar-refractivity contribution in [3.8, 4) is 17.2 Å². The molecular weight excluding hydrogens is 668 g/mol. The molecule has 0 fully saturated rings. The first-order valence-electron chi connectivity index (χ1n) is 14.9. The highest BCUT2D eigenvalue weighted by molar-refractivity contribution is 9.10. The van der Waals surface area contributed by atoms with E-state index in [2.05, 4.69) is 55.3 Å². The summed E-state index contributed by atoms with van der Waals surface area (Å²) in [5.74, 6) is 0.790. The zero-order chi connectivity index (χ0) is 33.3. The number of aliphatic hydroxyl groups excluding tert-OH is 1. The molecule has 1 aliphatic heterocycles. The lowest BCUT2D eigenvalue weighted by atomic mass is 9.95. The van der Waals surface area contributed by atoms with Crippen LogP contribution in [0.1, 0.15) is 36.6 Å². The van der Waals surface area contributed by atoms with Crippen molar-refractivity contribution in [3.05, 3.63) is 111 Å². The maximum atomic E-state index is 12.5. The van der Waals surface area contributed by atoms with Gasteiger partial charge in [-0.1, -0.05) is 64.5 Å².